The van der Waals surface area contributed by atoms with Gasteiger partial charge in [-0.2, -0.15) is 0 Å². The molecule has 7 heteroatoms. The molecule has 0 unspecified atom stereocenters. The number of piperidine rings is 1. The second kappa shape index (κ2) is 12.3. The zero-order valence-electron chi connectivity index (χ0n) is 25.3. The fourth-order valence-electron chi connectivity index (χ4n) is 7.08. The van der Waals surface area contributed by atoms with Gasteiger partial charge in [-0.15, -0.1) is 0 Å². The molecular weight excluding hydrogens is 582 g/mol. The maximum atomic E-state index is 14.5. The lowest BCUT2D eigenvalue weighted by Crippen LogP contribution is -2.43. The number of pyridine rings is 1. The average Bonchev–Trinajstić information content (AvgIpc) is 3.42. The van der Waals surface area contributed by atoms with Crippen LogP contribution in [0.25, 0.3) is 16.5 Å². The summed E-state index contributed by atoms with van der Waals surface area (Å²) in [4.78, 5) is 31.0. The number of halogens is 1. The van der Waals surface area contributed by atoms with E-state index in [9.17, 15) is 9.59 Å². The predicted molar refractivity (Wildman–Crippen MR) is 179 cm³/mol. The topological polar surface area (TPSA) is 63.6 Å². The van der Waals surface area contributed by atoms with Gasteiger partial charge in [0.15, 0.2) is 0 Å². The molecule has 0 saturated carbocycles. The molecule has 2 aliphatic heterocycles. The average molecular weight is 618 g/mol. The lowest BCUT2D eigenvalue weighted by atomic mass is 9.83. The van der Waals surface area contributed by atoms with Gasteiger partial charge < -0.3 is 10.1 Å². The molecule has 1 amide bonds. The molecule has 0 aliphatic carbocycles. The number of amides is 1. The van der Waals surface area contributed by atoms with E-state index in [1.54, 1.807) is 4.57 Å². The van der Waals surface area contributed by atoms with Crippen molar-refractivity contribution >= 4 is 28.3 Å². The van der Waals surface area contributed by atoms with Crippen LogP contribution in [0.2, 0.25) is 5.02 Å². The van der Waals surface area contributed by atoms with Gasteiger partial charge in [-0.3, -0.25) is 19.1 Å². The summed E-state index contributed by atoms with van der Waals surface area (Å²) >= 11 is 6.40. The number of nitrogens with zero attached hydrogens (tertiary/aromatic N) is 2. The fraction of sp³-hybridized carbons (Fsp3) is 0.263. The molecule has 1 N–H and O–H groups in total. The van der Waals surface area contributed by atoms with E-state index in [0.717, 1.165) is 48.6 Å². The second-order valence-electron chi connectivity index (χ2n) is 12.0. The Balaban J connectivity index is 1.30. The maximum Gasteiger partial charge on any atom is 0.263 e. The molecule has 6 nitrogen and oxygen atoms in total. The summed E-state index contributed by atoms with van der Waals surface area (Å²) in [7, 11) is 0. The highest BCUT2D eigenvalue weighted by atomic mass is 35.5. The van der Waals surface area contributed by atoms with Crippen LogP contribution in [-0.4, -0.2) is 28.5 Å². The van der Waals surface area contributed by atoms with Gasteiger partial charge in [-0.05, 0) is 66.3 Å². The normalized spacial score (nSPS) is 16.5. The zero-order valence-corrected chi connectivity index (χ0v) is 26.1. The van der Waals surface area contributed by atoms with Gasteiger partial charge >= 0.3 is 0 Å². The molecule has 1 atom stereocenters. The molecule has 45 heavy (non-hydrogen) atoms. The Hall–Kier alpha value is -4.23. The Bertz CT molecular complexity index is 1910. The zero-order chi connectivity index (χ0) is 31.0. The molecule has 5 aromatic rings. The van der Waals surface area contributed by atoms with E-state index in [4.69, 9.17) is 16.3 Å². The minimum absolute atomic E-state index is 0.130. The Labute approximate surface area is 268 Å². The smallest absolute Gasteiger partial charge is 0.263 e. The van der Waals surface area contributed by atoms with Gasteiger partial charge in [0.2, 0.25) is 0 Å². The third-order valence-corrected chi connectivity index (χ3v) is 9.68. The van der Waals surface area contributed by atoms with E-state index >= 15 is 0 Å². The first-order valence-electron chi connectivity index (χ1n) is 15.7. The van der Waals surface area contributed by atoms with Crippen molar-refractivity contribution in [3.63, 3.8) is 0 Å². The first kappa shape index (κ1) is 29.5. The molecule has 4 aromatic carbocycles. The highest BCUT2D eigenvalue weighted by molar-refractivity contribution is 6.30. The van der Waals surface area contributed by atoms with E-state index in [1.165, 1.54) is 11.1 Å². The van der Waals surface area contributed by atoms with Crippen LogP contribution in [0.4, 0.5) is 0 Å². The van der Waals surface area contributed by atoms with Gasteiger partial charge in [-0.25, -0.2) is 0 Å². The lowest BCUT2D eigenvalue weighted by Gasteiger charge is -2.39. The van der Waals surface area contributed by atoms with Crippen molar-refractivity contribution in [2.45, 2.75) is 51.0 Å². The molecule has 1 fully saturated rings. The van der Waals surface area contributed by atoms with Crippen LogP contribution in [-0.2, 0) is 23.5 Å². The monoisotopic (exact) mass is 617 g/mol. The largest absolute Gasteiger partial charge is 0.365 e. The van der Waals surface area contributed by atoms with Crippen molar-refractivity contribution in [3.8, 4) is 5.69 Å². The minimum atomic E-state index is -0.358. The van der Waals surface area contributed by atoms with Crippen molar-refractivity contribution < 1.29 is 9.53 Å². The highest BCUT2D eigenvalue weighted by Gasteiger charge is 2.43. The lowest BCUT2D eigenvalue weighted by molar-refractivity contribution is -0.0801. The minimum Gasteiger partial charge on any atom is -0.365 e. The standard InChI is InChI=1S/C38H36ClN3O3/c1-2-33(26-11-5-3-6-12-26)40-36(43)35-30-15-9-10-16-31(30)37(44)42(29-13-7-4-8-14-29)34(35)24-41-21-19-38(20-22-41)32-23-28(39)18-17-27(32)25-45-38/h3-18,23,33H,2,19-22,24-25H2,1H3,(H,40,43)/t33-/m0/s1. The number of carbonyl (C=O) groups excluding carboxylic acids is 1. The van der Waals surface area contributed by atoms with E-state index in [1.807, 2.05) is 91.0 Å². The quantitative estimate of drug-likeness (QED) is 0.205. The summed E-state index contributed by atoms with van der Waals surface area (Å²) in [5.41, 5.74) is 4.92. The number of benzene rings is 4. The third kappa shape index (κ3) is 5.48. The second-order valence-corrected chi connectivity index (χ2v) is 12.5. The van der Waals surface area contributed by atoms with Crippen molar-refractivity contribution in [3.05, 3.63) is 146 Å². The van der Waals surface area contributed by atoms with Crippen molar-refractivity contribution in [2.75, 3.05) is 13.1 Å². The number of ether oxygens (including phenoxy) is 1. The van der Waals surface area contributed by atoms with Crippen molar-refractivity contribution in [1.29, 1.82) is 0 Å². The third-order valence-electron chi connectivity index (χ3n) is 9.45. The summed E-state index contributed by atoms with van der Waals surface area (Å²) in [6.45, 7) is 4.62. The fourth-order valence-corrected chi connectivity index (χ4v) is 7.25. The van der Waals surface area contributed by atoms with Gasteiger partial charge in [0.05, 0.1) is 29.5 Å². The van der Waals surface area contributed by atoms with E-state index in [-0.39, 0.29) is 23.1 Å². The van der Waals surface area contributed by atoms with Crippen LogP contribution >= 0.6 is 11.6 Å². The Morgan fingerprint density at radius 2 is 1.58 bits per heavy atom. The van der Waals surface area contributed by atoms with Crippen molar-refractivity contribution in [2.24, 2.45) is 0 Å². The van der Waals surface area contributed by atoms with E-state index in [2.05, 4.69) is 29.3 Å². The predicted octanol–water partition coefficient (Wildman–Crippen LogP) is 7.55. The molecule has 1 saturated heterocycles. The summed E-state index contributed by atoms with van der Waals surface area (Å²) < 4.78 is 8.17. The number of carbonyl (C=O) groups is 1. The SMILES string of the molecule is CC[C@H](NC(=O)c1c(CN2CCC3(CC2)OCc2ccc(Cl)cc23)n(-c2ccccc2)c(=O)c2ccccc12)c1ccccc1. The highest BCUT2D eigenvalue weighted by Crippen LogP contribution is 2.45. The number of rotatable bonds is 7. The van der Waals surface area contributed by atoms with Crippen LogP contribution in [0.5, 0.6) is 0 Å². The molecular formula is C38H36ClN3O3. The molecule has 1 spiro atoms. The van der Waals surface area contributed by atoms with Gasteiger partial charge in [0, 0.05) is 41.1 Å². The molecule has 0 bridgehead atoms. The summed E-state index contributed by atoms with van der Waals surface area (Å²) in [5, 5.41) is 5.23. The Kier molecular flexibility index (Phi) is 8.04. The van der Waals surface area contributed by atoms with Crippen LogP contribution in [0.3, 0.4) is 0 Å². The Morgan fingerprint density at radius 3 is 2.29 bits per heavy atom. The van der Waals surface area contributed by atoms with Crippen LogP contribution in [0.15, 0.2) is 108 Å². The summed E-state index contributed by atoms with van der Waals surface area (Å²) in [6, 6.07) is 33.0. The Morgan fingerprint density at radius 1 is 0.911 bits per heavy atom. The first-order valence-corrected chi connectivity index (χ1v) is 16.1. The van der Waals surface area contributed by atoms with Gasteiger partial charge in [-0.1, -0.05) is 91.3 Å². The van der Waals surface area contributed by atoms with Crippen LogP contribution in [0, 0.1) is 0 Å². The molecule has 228 valence electrons. The van der Waals surface area contributed by atoms with Crippen molar-refractivity contribution in [1.82, 2.24) is 14.8 Å². The van der Waals surface area contributed by atoms with Gasteiger partial charge in [0.25, 0.3) is 11.5 Å². The van der Waals surface area contributed by atoms with E-state index < -0.39 is 0 Å². The first-order chi connectivity index (χ1) is 22.0. The summed E-state index contributed by atoms with van der Waals surface area (Å²) in [6.07, 6.45) is 2.34. The molecule has 2 aliphatic rings. The number of nitrogens with one attached hydrogen (secondary N) is 1. The number of para-hydroxylation sites is 1. The molecule has 0 radical (unpaired) electrons. The number of hydrogen-bond acceptors (Lipinski definition) is 4. The summed E-state index contributed by atoms with van der Waals surface area (Å²) in [5.74, 6) is -0.183. The maximum absolute atomic E-state index is 14.5. The molecule has 7 rings (SSSR count). The molecule has 1 aromatic heterocycles. The number of likely N-dealkylation sites (tertiary alicyclic amines) is 1. The van der Waals surface area contributed by atoms with Crippen LogP contribution in [0.1, 0.15) is 65.0 Å². The van der Waals surface area contributed by atoms with Crippen LogP contribution < -0.4 is 10.9 Å². The van der Waals surface area contributed by atoms with E-state index in [0.29, 0.717) is 35.2 Å². The van der Waals surface area contributed by atoms with Gasteiger partial charge in [0.1, 0.15) is 0 Å². The molecule has 3 heterocycles. The number of fused-ring (bicyclic) bond motifs is 3. The number of hydrogen-bond donors (Lipinski definition) is 1. The number of aromatic nitrogens is 1.